The first kappa shape index (κ1) is 20.7. The Morgan fingerprint density at radius 3 is 2.55 bits per heavy atom. The van der Waals surface area contributed by atoms with E-state index in [2.05, 4.69) is 15.5 Å². The quantitative estimate of drug-likeness (QED) is 0.486. The van der Waals surface area contributed by atoms with Gasteiger partial charge < -0.3 is 4.42 Å². The van der Waals surface area contributed by atoms with Gasteiger partial charge in [0.25, 0.3) is 0 Å². The molecule has 1 heterocycles. The Bertz CT molecular complexity index is 1350. The minimum atomic E-state index is -3.43. The van der Waals surface area contributed by atoms with E-state index in [4.69, 9.17) is 4.42 Å². The first-order chi connectivity index (χ1) is 14.8. The number of carbonyl (C=O) groups excluding carboxylic acids is 1. The highest BCUT2D eigenvalue weighted by molar-refractivity contribution is 7.92. The van der Waals surface area contributed by atoms with Crippen molar-refractivity contribution in [1.29, 1.82) is 0 Å². The topological polar surface area (TPSA) is 102 Å². The van der Waals surface area contributed by atoms with Crippen LogP contribution >= 0.6 is 0 Å². The van der Waals surface area contributed by atoms with E-state index in [-0.39, 0.29) is 29.1 Å². The second kappa shape index (κ2) is 8.31. The molecule has 4 aromatic rings. The van der Waals surface area contributed by atoms with Gasteiger partial charge in [-0.25, -0.2) is 8.42 Å². The summed E-state index contributed by atoms with van der Waals surface area (Å²) in [6.07, 6.45) is 0.154. The van der Waals surface area contributed by atoms with Gasteiger partial charge in [0.2, 0.25) is 11.8 Å². The molecule has 1 N–H and O–H groups in total. The molecule has 0 spiro atoms. The van der Waals surface area contributed by atoms with Crippen LogP contribution in [0.2, 0.25) is 0 Å². The molecule has 8 heteroatoms. The predicted octanol–water partition coefficient (Wildman–Crippen LogP) is 4.25. The van der Waals surface area contributed by atoms with E-state index < -0.39 is 15.1 Å². The molecule has 0 bridgehead atoms. The van der Waals surface area contributed by atoms with Crippen molar-refractivity contribution in [1.82, 2.24) is 10.2 Å². The first-order valence-electron chi connectivity index (χ1n) is 9.79. The van der Waals surface area contributed by atoms with Gasteiger partial charge in [-0.05, 0) is 48.4 Å². The van der Waals surface area contributed by atoms with E-state index in [1.807, 2.05) is 42.5 Å². The van der Waals surface area contributed by atoms with Crippen LogP contribution in [0.15, 0.2) is 76.0 Å². The molecule has 7 nitrogen and oxygen atoms in total. The van der Waals surface area contributed by atoms with Crippen LogP contribution in [0.5, 0.6) is 0 Å². The molecule has 0 aliphatic heterocycles. The predicted molar refractivity (Wildman–Crippen MR) is 118 cm³/mol. The second-order valence-electron chi connectivity index (χ2n) is 7.40. The summed E-state index contributed by atoms with van der Waals surface area (Å²) >= 11 is 0. The number of carbonyl (C=O) groups is 1. The summed E-state index contributed by atoms with van der Waals surface area (Å²) in [7, 11) is -3.43. The number of nitrogens with zero attached hydrogens (tertiary/aromatic N) is 2. The normalized spacial score (nSPS) is 11.7. The third-order valence-corrected chi connectivity index (χ3v) is 7.08. The summed E-state index contributed by atoms with van der Waals surface area (Å²) in [5.41, 5.74) is 1.35. The van der Waals surface area contributed by atoms with Crippen molar-refractivity contribution in [3.8, 4) is 11.5 Å². The number of sulfone groups is 1. The van der Waals surface area contributed by atoms with Crippen molar-refractivity contribution >= 4 is 32.5 Å². The van der Waals surface area contributed by atoms with E-state index in [1.165, 1.54) is 12.1 Å². The van der Waals surface area contributed by atoms with Crippen LogP contribution in [-0.2, 0) is 21.1 Å². The molecule has 1 aromatic heterocycles. The molecule has 0 aliphatic carbocycles. The summed E-state index contributed by atoms with van der Waals surface area (Å²) in [5.74, 6) is -0.163. The first-order valence-corrected chi connectivity index (χ1v) is 11.3. The van der Waals surface area contributed by atoms with Crippen LogP contribution in [0.1, 0.15) is 19.4 Å². The van der Waals surface area contributed by atoms with Crippen molar-refractivity contribution < 1.29 is 17.6 Å². The molecule has 3 aromatic carbocycles. The maximum atomic E-state index is 12.5. The van der Waals surface area contributed by atoms with Gasteiger partial charge in [-0.1, -0.05) is 53.6 Å². The molecule has 1 amide bonds. The van der Waals surface area contributed by atoms with Crippen molar-refractivity contribution in [2.24, 2.45) is 0 Å². The van der Waals surface area contributed by atoms with E-state index in [0.717, 1.165) is 16.3 Å². The number of rotatable bonds is 6. The molecule has 0 unspecified atom stereocenters. The fraction of sp³-hybridized carbons (Fsp3) is 0.174. The maximum absolute atomic E-state index is 12.5. The van der Waals surface area contributed by atoms with E-state index in [9.17, 15) is 13.2 Å². The lowest BCUT2D eigenvalue weighted by Gasteiger charge is -2.08. The fourth-order valence-corrected chi connectivity index (χ4v) is 4.36. The van der Waals surface area contributed by atoms with Crippen molar-refractivity contribution in [2.75, 3.05) is 5.32 Å². The van der Waals surface area contributed by atoms with Crippen molar-refractivity contribution in [3.63, 3.8) is 0 Å². The maximum Gasteiger partial charge on any atom is 0.322 e. The lowest BCUT2D eigenvalue weighted by molar-refractivity contribution is -0.115. The van der Waals surface area contributed by atoms with Crippen LogP contribution in [0.4, 0.5) is 6.01 Å². The van der Waals surface area contributed by atoms with Crippen LogP contribution in [0, 0.1) is 0 Å². The SMILES string of the molecule is CC(C)S(=O)(=O)c1cccc(-c2nnc(NC(=O)Cc3cccc4ccccc34)o2)c1. The number of anilines is 1. The molecule has 0 atom stereocenters. The smallest absolute Gasteiger partial charge is 0.322 e. The minimum absolute atomic E-state index is 0.0441. The van der Waals surface area contributed by atoms with Gasteiger partial charge in [0.15, 0.2) is 9.84 Å². The zero-order chi connectivity index (χ0) is 22.0. The number of hydrogen-bond acceptors (Lipinski definition) is 6. The highest BCUT2D eigenvalue weighted by Gasteiger charge is 2.21. The van der Waals surface area contributed by atoms with Crippen LogP contribution in [-0.4, -0.2) is 29.8 Å². The third-order valence-electron chi connectivity index (χ3n) is 4.93. The molecule has 4 rings (SSSR count). The minimum Gasteiger partial charge on any atom is -0.403 e. The van der Waals surface area contributed by atoms with Gasteiger partial charge in [0.1, 0.15) is 0 Å². The Labute approximate surface area is 180 Å². The van der Waals surface area contributed by atoms with E-state index in [1.54, 1.807) is 26.0 Å². The molecule has 0 aliphatic rings. The molecule has 0 radical (unpaired) electrons. The summed E-state index contributed by atoms with van der Waals surface area (Å²) in [4.78, 5) is 12.7. The molecule has 0 saturated carbocycles. The summed E-state index contributed by atoms with van der Waals surface area (Å²) in [5, 5.41) is 11.9. The standard InChI is InChI=1S/C23H21N3O4S/c1-15(2)31(28,29)19-11-6-10-18(13-19)22-25-26-23(30-22)24-21(27)14-17-9-5-8-16-7-3-4-12-20(16)17/h3-13,15H,14H2,1-2H3,(H,24,26,27). The number of benzene rings is 3. The lowest BCUT2D eigenvalue weighted by Crippen LogP contribution is -2.14. The van der Waals surface area contributed by atoms with Gasteiger partial charge in [-0.2, -0.15) is 0 Å². The van der Waals surface area contributed by atoms with Gasteiger partial charge in [-0.3, -0.25) is 10.1 Å². The number of fused-ring (bicyclic) bond motifs is 1. The number of amides is 1. The fourth-order valence-electron chi connectivity index (χ4n) is 3.25. The third kappa shape index (κ3) is 4.34. The Hall–Kier alpha value is -3.52. The Morgan fingerprint density at radius 1 is 1.00 bits per heavy atom. The molecule has 0 fully saturated rings. The second-order valence-corrected chi connectivity index (χ2v) is 9.90. The zero-order valence-electron chi connectivity index (χ0n) is 17.1. The average Bonchev–Trinajstić information content (AvgIpc) is 3.22. The highest BCUT2D eigenvalue weighted by Crippen LogP contribution is 2.25. The number of hydrogen-bond donors (Lipinski definition) is 1. The lowest BCUT2D eigenvalue weighted by atomic mass is 10.0. The molecule has 158 valence electrons. The Balaban J connectivity index is 1.51. The zero-order valence-corrected chi connectivity index (χ0v) is 17.9. The molecule has 0 saturated heterocycles. The van der Waals surface area contributed by atoms with Crippen LogP contribution in [0.3, 0.4) is 0 Å². The van der Waals surface area contributed by atoms with Gasteiger partial charge in [0, 0.05) is 5.56 Å². The Kier molecular flexibility index (Phi) is 5.56. The van der Waals surface area contributed by atoms with Crippen LogP contribution < -0.4 is 5.32 Å². The monoisotopic (exact) mass is 435 g/mol. The highest BCUT2D eigenvalue weighted by atomic mass is 32.2. The summed E-state index contributed by atoms with van der Waals surface area (Å²) in [6, 6.07) is 19.9. The average molecular weight is 436 g/mol. The van der Waals surface area contributed by atoms with Gasteiger partial charge >= 0.3 is 6.01 Å². The van der Waals surface area contributed by atoms with E-state index in [0.29, 0.717) is 5.56 Å². The van der Waals surface area contributed by atoms with Crippen molar-refractivity contribution in [3.05, 3.63) is 72.3 Å². The van der Waals surface area contributed by atoms with Crippen LogP contribution in [0.25, 0.3) is 22.2 Å². The largest absolute Gasteiger partial charge is 0.403 e. The molecular weight excluding hydrogens is 414 g/mol. The number of nitrogens with one attached hydrogen (secondary N) is 1. The molecule has 31 heavy (non-hydrogen) atoms. The molecular formula is C23H21N3O4S. The van der Waals surface area contributed by atoms with Gasteiger partial charge in [0.05, 0.1) is 16.6 Å². The van der Waals surface area contributed by atoms with Crippen molar-refractivity contribution in [2.45, 2.75) is 30.4 Å². The summed E-state index contributed by atoms with van der Waals surface area (Å²) in [6.45, 7) is 3.25. The summed E-state index contributed by atoms with van der Waals surface area (Å²) < 4.78 is 30.4. The van der Waals surface area contributed by atoms with E-state index >= 15 is 0 Å². The number of aromatic nitrogens is 2. The van der Waals surface area contributed by atoms with Gasteiger partial charge in [-0.15, -0.1) is 5.10 Å². The Morgan fingerprint density at radius 2 is 1.74 bits per heavy atom.